The number of nitrogen functional groups attached to an aromatic ring is 1. The highest BCUT2D eigenvalue weighted by Crippen LogP contribution is 2.42. The van der Waals surface area contributed by atoms with Gasteiger partial charge >= 0.3 is 12.2 Å². The molecule has 2 saturated heterocycles. The van der Waals surface area contributed by atoms with Crippen LogP contribution in [0.3, 0.4) is 0 Å². The quantitative estimate of drug-likeness (QED) is 0.173. The predicted molar refractivity (Wildman–Crippen MR) is 161 cm³/mol. The van der Waals surface area contributed by atoms with Gasteiger partial charge in [-0.2, -0.15) is 23.1 Å². The van der Waals surface area contributed by atoms with Crippen LogP contribution in [0.25, 0.3) is 22.3 Å². The summed E-state index contributed by atoms with van der Waals surface area (Å²) in [6, 6.07) is -0.0651. The summed E-state index contributed by atoms with van der Waals surface area (Å²) >= 11 is 0.833. The van der Waals surface area contributed by atoms with E-state index >= 15 is 4.39 Å². The molecule has 0 unspecified atom stereocenters. The average Bonchev–Trinajstić information content (AvgIpc) is 3.73. The molecule has 2 N–H and O–H groups in total. The van der Waals surface area contributed by atoms with E-state index in [0.29, 0.717) is 19.0 Å². The highest BCUT2D eigenvalue weighted by atomic mass is 32.1. The lowest BCUT2D eigenvalue weighted by atomic mass is 9.96. The first-order chi connectivity index (χ1) is 21.7. The minimum atomic E-state index is -5.04. The Bertz CT molecular complexity index is 1710. The molecule has 16 heteroatoms. The van der Waals surface area contributed by atoms with Crippen LogP contribution >= 0.6 is 11.3 Å². The van der Waals surface area contributed by atoms with E-state index in [2.05, 4.69) is 21.5 Å². The first-order valence-corrected chi connectivity index (χ1v) is 15.0. The monoisotopic (exact) mass is 668 g/mol. The number of aromatic nitrogens is 3. The first-order valence-electron chi connectivity index (χ1n) is 14.2. The normalized spacial score (nSPS) is 21.3. The molecule has 2 aliphatic rings. The topological polar surface area (TPSA) is 107 Å². The van der Waals surface area contributed by atoms with Gasteiger partial charge in [0.2, 0.25) is 11.8 Å². The van der Waals surface area contributed by atoms with Crippen LogP contribution in [0, 0.1) is 5.82 Å². The number of carbonyl (C=O) groups excluding carboxylic acids is 1. The Labute approximate surface area is 264 Å². The molecule has 3 atom stereocenters. The van der Waals surface area contributed by atoms with E-state index in [4.69, 9.17) is 15.2 Å². The maximum Gasteiger partial charge on any atom is 0.417 e. The summed E-state index contributed by atoms with van der Waals surface area (Å²) in [4.78, 5) is 27.3. The van der Waals surface area contributed by atoms with Crippen molar-refractivity contribution in [3.8, 4) is 11.9 Å². The Morgan fingerprint density at radius 3 is 2.65 bits per heavy atom. The second kappa shape index (κ2) is 13.3. The third kappa shape index (κ3) is 7.12. The lowest BCUT2D eigenvalue weighted by molar-refractivity contribution is -0.137. The van der Waals surface area contributed by atoms with E-state index in [0.717, 1.165) is 29.6 Å². The van der Waals surface area contributed by atoms with Gasteiger partial charge in [-0.05, 0) is 44.2 Å². The Balaban J connectivity index is 1.59. The zero-order valence-electron chi connectivity index (χ0n) is 24.8. The summed E-state index contributed by atoms with van der Waals surface area (Å²) < 4.78 is 99.9. The minimum absolute atomic E-state index is 0.0418. The number of rotatable bonds is 9. The van der Waals surface area contributed by atoms with Gasteiger partial charge in [-0.1, -0.05) is 24.0 Å². The Hall–Kier alpha value is -4.18. The Morgan fingerprint density at radius 2 is 2.02 bits per heavy atom. The van der Waals surface area contributed by atoms with Gasteiger partial charge in [0, 0.05) is 31.1 Å². The van der Waals surface area contributed by atoms with Gasteiger partial charge in [-0.15, -0.1) is 0 Å². The predicted octanol–water partition coefficient (Wildman–Crippen LogP) is 5.83. The van der Waals surface area contributed by atoms with Crippen molar-refractivity contribution in [3.63, 3.8) is 0 Å². The largest absolute Gasteiger partial charge is 0.472 e. The van der Waals surface area contributed by atoms with Gasteiger partial charge in [0.25, 0.3) is 0 Å². The van der Waals surface area contributed by atoms with Crippen LogP contribution in [0.5, 0.6) is 11.9 Å². The zero-order chi connectivity index (χ0) is 33.3. The lowest BCUT2D eigenvalue weighted by Gasteiger charge is -2.21. The van der Waals surface area contributed by atoms with E-state index in [1.165, 1.54) is 18.0 Å². The number of ether oxygens (including phenoxy) is 2. The van der Waals surface area contributed by atoms with Crippen LogP contribution < -0.4 is 15.2 Å². The van der Waals surface area contributed by atoms with Gasteiger partial charge in [0.05, 0.1) is 28.6 Å². The van der Waals surface area contributed by atoms with Crippen molar-refractivity contribution in [1.29, 1.82) is 0 Å². The fourth-order valence-electron chi connectivity index (χ4n) is 5.39. The number of halogens is 6. The summed E-state index contributed by atoms with van der Waals surface area (Å²) in [6.07, 6.45) is -2.10. The molecule has 0 radical (unpaired) electrons. The van der Waals surface area contributed by atoms with Gasteiger partial charge in [-0.25, -0.2) is 18.2 Å². The highest BCUT2D eigenvalue weighted by Gasteiger charge is 2.38. The standard InChI is InChI=1S/C30H30F6N6O3S/c1-4-23(43)42-8-7-18(13-42)45-27-19-10-20(30(34,35)36)24(15(2)5-6-21(32)22-11-38-28(37)46-22)25(33)26(19)39-29(40-27)44-14-17-9-16(31)12-41(17)3/h4-6,10-11,16-18H,1,7-9,12-14H2,2-3H3,(H2,37,38)/b15-5+,21-6+/t16-,17+,18-/m1/s1. The number of nitrogens with zero attached hydrogens (tertiary/aromatic N) is 5. The molecule has 9 nitrogen and oxygen atoms in total. The maximum atomic E-state index is 16.3. The third-order valence-corrected chi connectivity index (χ3v) is 8.60. The molecule has 246 valence electrons. The molecular weight excluding hydrogens is 638 g/mol. The molecule has 0 aliphatic carbocycles. The number of hydrogen-bond acceptors (Lipinski definition) is 9. The number of benzene rings is 1. The van der Waals surface area contributed by atoms with Crippen LogP contribution in [0.2, 0.25) is 0 Å². The van der Waals surface area contributed by atoms with Crippen molar-refractivity contribution in [2.75, 3.05) is 39.0 Å². The Kier molecular flexibility index (Phi) is 9.58. The number of anilines is 1. The van der Waals surface area contributed by atoms with Crippen LogP contribution in [0.4, 0.5) is 31.5 Å². The number of hydrogen-bond donors (Lipinski definition) is 1. The van der Waals surface area contributed by atoms with Gasteiger partial charge in [0.1, 0.15) is 30.2 Å². The number of thiazole rings is 1. The number of fused-ring (bicyclic) bond motifs is 1. The molecular formula is C30H30F6N6O3S. The fraction of sp³-hybridized carbons (Fsp3) is 0.400. The second-order valence-corrected chi connectivity index (χ2v) is 12.1. The zero-order valence-corrected chi connectivity index (χ0v) is 25.6. The molecule has 2 fully saturated rings. The minimum Gasteiger partial charge on any atom is -0.472 e. The van der Waals surface area contributed by atoms with Gasteiger partial charge in [0.15, 0.2) is 10.9 Å². The molecule has 1 amide bonds. The lowest BCUT2D eigenvalue weighted by Crippen LogP contribution is -2.31. The molecule has 0 saturated carbocycles. The number of likely N-dealkylation sites (tertiary alicyclic amines) is 2. The maximum absolute atomic E-state index is 16.3. The number of allylic oxidation sites excluding steroid dienone is 3. The van der Waals surface area contributed by atoms with Crippen LogP contribution in [-0.2, 0) is 11.0 Å². The second-order valence-electron chi connectivity index (χ2n) is 11.0. The van der Waals surface area contributed by atoms with E-state index < -0.39 is 52.8 Å². The average molecular weight is 669 g/mol. The molecule has 2 aliphatic heterocycles. The molecule has 2 aromatic heterocycles. The van der Waals surface area contributed by atoms with Gasteiger partial charge < -0.3 is 20.1 Å². The summed E-state index contributed by atoms with van der Waals surface area (Å²) in [7, 11) is 1.71. The fourth-order valence-corrected chi connectivity index (χ4v) is 6.00. The Morgan fingerprint density at radius 1 is 1.26 bits per heavy atom. The van der Waals surface area contributed by atoms with Gasteiger partial charge in [-0.3, -0.25) is 9.69 Å². The van der Waals surface area contributed by atoms with E-state index in [9.17, 15) is 26.7 Å². The number of alkyl halides is 4. The van der Waals surface area contributed by atoms with E-state index in [1.54, 1.807) is 11.9 Å². The summed E-state index contributed by atoms with van der Waals surface area (Å²) in [6.45, 7) is 5.16. The van der Waals surface area contributed by atoms with Crippen molar-refractivity contribution in [2.45, 2.75) is 44.3 Å². The molecule has 3 aromatic rings. The van der Waals surface area contributed by atoms with Crippen molar-refractivity contribution in [3.05, 3.63) is 58.9 Å². The molecule has 1 aromatic carbocycles. The van der Waals surface area contributed by atoms with E-state index in [-0.39, 0.29) is 64.9 Å². The number of nitrogens with two attached hydrogens (primary N) is 1. The summed E-state index contributed by atoms with van der Waals surface area (Å²) in [5, 5.41) is -0.289. The highest BCUT2D eigenvalue weighted by molar-refractivity contribution is 7.16. The van der Waals surface area contributed by atoms with E-state index in [1.807, 2.05) is 0 Å². The SMILES string of the molecule is C=CC(=O)N1CC[C@@H](Oc2nc(OC[C@@H]3C[C@@H](F)CN3C)nc3c(F)c(/C(C)=C/C=C(/F)c4cnc(N)s4)c(C(F)(F)F)cc23)C1. The smallest absolute Gasteiger partial charge is 0.417 e. The summed E-state index contributed by atoms with van der Waals surface area (Å²) in [5.41, 5.74) is 2.52. The molecule has 0 bridgehead atoms. The van der Waals surface area contributed by atoms with Crippen LogP contribution in [-0.4, -0.2) is 82.3 Å². The molecule has 46 heavy (non-hydrogen) atoms. The number of carbonyl (C=O) groups is 1. The molecule has 4 heterocycles. The number of likely N-dealkylation sites (N-methyl/N-ethyl adjacent to an activating group) is 1. The van der Waals surface area contributed by atoms with Crippen molar-refractivity contribution in [1.82, 2.24) is 24.8 Å². The third-order valence-electron chi connectivity index (χ3n) is 7.77. The number of amides is 1. The molecule has 0 spiro atoms. The molecule has 5 rings (SSSR count). The first kappa shape index (κ1) is 33.2. The van der Waals surface area contributed by atoms with Crippen molar-refractivity contribution < 1.29 is 40.6 Å². The summed E-state index contributed by atoms with van der Waals surface area (Å²) in [5.74, 6) is -2.92. The van der Waals surface area contributed by atoms with Crippen LogP contribution in [0.1, 0.15) is 35.8 Å². The van der Waals surface area contributed by atoms with Crippen LogP contribution in [0.15, 0.2) is 37.1 Å². The van der Waals surface area contributed by atoms with Crippen molar-refractivity contribution >= 4 is 44.7 Å². The van der Waals surface area contributed by atoms with Crippen molar-refractivity contribution in [2.24, 2.45) is 0 Å².